The molecule has 2 heterocycles. The molecular formula is C10H12ClN3O3S. The van der Waals surface area contributed by atoms with Crippen molar-refractivity contribution in [2.24, 2.45) is 0 Å². The molecule has 1 fully saturated rings. The molecule has 0 unspecified atom stereocenters. The van der Waals surface area contributed by atoms with E-state index in [1.165, 1.54) is 11.0 Å². The van der Waals surface area contributed by atoms with E-state index in [1.54, 1.807) is 6.92 Å². The van der Waals surface area contributed by atoms with E-state index in [1.807, 2.05) is 0 Å². The molecule has 1 saturated heterocycles. The summed E-state index contributed by atoms with van der Waals surface area (Å²) in [6.45, 7) is 2.11. The number of hydrogen-bond donors (Lipinski definition) is 0. The van der Waals surface area contributed by atoms with Crippen LogP contribution in [0.1, 0.15) is 16.2 Å². The number of sulfone groups is 1. The van der Waals surface area contributed by atoms with Gasteiger partial charge in [0.25, 0.3) is 5.91 Å². The predicted molar refractivity (Wildman–Crippen MR) is 66.3 cm³/mol. The fraction of sp³-hybridized carbons (Fsp3) is 0.500. The molecule has 1 aliphatic heterocycles. The second-order valence-electron chi connectivity index (χ2n) is 4.11. The molecule has 0 saturated carbocycles. The number of aryl methyl sites for hydroxylation is 1. The van der Waals surface area contributed by atoms with Gasteiger partial charge in [0.2, 0.25) is 5.28 Å². The smallest absolute Gasteiger partial charge is 0.272 e. The van der Waals surface area contributed by atoms with Gasteiger partial charge in [-0.3, -0.25) is 4.79 Å². The van der Waals surface area contributed by atoms with Gasteiger partial charge >= 0.3 is 0 Å². The average Bonchev–Trinajstić information content (AvgIpc) is 2.27. The minimum absolute atomic E-state index is 0.00343. The SMILES string of the molecule is Cc1cc(C(=O)N2CCS(=O)(=O)CC2)nc(Cl)n1. The number of amides is 1. The first-order valence-electron chi connectivity index (χ1n) is 5.38. The lowest BCUT2D eigenvalue weighted by molar-refractivity contribution is 0.0764. The van der Waals surface area contributed by atoms with Crippen LogP contribution in [0, 0.1) is 6.92 Å². The largest absolute Gasteiger partial charge is 0.335 e. The highest BCUT2D eigenvalue weighted by molar-refractivity contribution is 7.91. The van der Waals surface area contributed by atoms with Crippen LogP contribution in [0.5, 0.6) is 0 Å². The van der Waals surface area contributed by atoms with E-state index >= 15 is 0 Å². The molecule has 18 heavy (non-hydrogen) atoms. The van der Waals surface area contributed by atoms with E-state index in [9.17, 15) is 13.2 Å². The van der Waals surface area contributed by atoms with Crippen LogP contribution < -0.4 is 0 Å². The third-order valence-corrected chi connectivity index (χ3v) is 4.46. The highest BCUT2D eigenvalue weighted by atomic mass is 35.5. The zero-order chi connectivity index (χ0) is 13.3. The lowest BCUT2D eigenvalue weighted by Crippen LogP contribution is -2.44. The zero-order valence-electron chi connectivity index (χ0n) is 9.76. The minimum Gasteiger partial charge on any atom is -0.335 e. The summed E-state index contributed by atoms with van der Waals surface area (Å²) in [6, 6.07) is 1.54. The topological polar surface area (TPSA) is 80.2 Å². The first-order chi connectivity index (χ1) is 8.37. The molecule has 1 aliphatic rings. The van der Waals surface area contributed by atoms with Gasteiger partial charge in [0, 0.05) is 18.8 Å². The van der Waals surface area contributed by atoms with Gasteiger partial charge in [-0.15, -0.1) is 0 Å². The molecule has 1 amide bonds. The number of halogens is 1. The van der Waals surface area contributed by atoms with Gasteiger partial charge in [-0.25, -0.2) is 18.4 Å². The van der Waals surface area contributed by atoms with E-state index in [0.717, 1.165) is 0 Å². The number of nitrogens with zero attached hydrogens (tertiary/aromatic N) is 3. The molecule has 2 rings (SSSR count). The van der Waals surface area contributed by atoms with Crippen molar-refractivity contribution >= 4 is 27.3 Å². The van der Waals surface area contributed by atoms with Crippen LogP contribution in [0.3, 0.4) is 0 Å². The first kappa shape index (κ1) is 13.2. The lowest BCUT2D eigenvalue weighted by atomic mass is 10.3. The standard InChI is InChI=1S/C10H12ClN3O3S/c1-7-6-8(13-10(11)12-7)9(15)14-2-4-18(16,17)5-3-14/h6H,2-5H2,1H3. The lowest BCUT2D eigenvalue weighted by Gasteiger charge is -2.26. The van der Waals surface area contributed by atoms with Crippen molar-refractivity contribution < 1.29 is 13.2 Å². The number of carbonyl (C=O) groups excluding carboxylic acids is 1. The molecule has 0 aliphatic carbocycles. The summed E-state index contributed by atoms with van der Waals surface area (Å²) >= 11 is 5.69. The Bertz CT molecular complexity index is 554. The summed E-state index contributed by atoms with van der Waals surface area (Å²) in [5, 5.41) is 0.0166. The van der Waals surface area contributed by atoms with Gasteiger partial charge in [-0.1, -0.05) is 0 Å². The molecule has 0 aromatic carbocycles. The summed E-state index contributed by atoms with van der Waals surface area (Å²) in [4.78, 5) is 21.3. The van der Waals surface area contributed by atoms with Gasteiger partial charge in [-0.2, -0.15) is 0 Å². The second kappa shape index (κ2) is 4.81. The van der Waals surface area contributed by atoms with Crippen LogP contribution >= 0.6 is 11.6 Å². The van der Waals surface area contributed by atoms with Crippen molar-refractivity contribution in [2.45, 2.75) is 6.92 Å². The van der Waals surface area contributed by atoms with Crippen LogP contribution in [-0.2, 0) is 9.84 Å². The maximum absolute atomic E-state index is 12.1. The average molecular weight is 290 g/mol. The normalized spacial score (nSPS) is 18.7. The Balaban J connectivity index is 2.17. The molecule has 0 bridgehead atoms. The highest BCUT2D eigenvalue weighted by Crippen LogP contribution is 2.11. The molecule has 98 valence electrons. The molecular weight excluding hydrogens is 278 g/mol. The van der Waals surface area contributed by atoms with Crippen LogP contribution in [0.15, 0.2) is 6.07 Å². The quantitative estimate of drug-likeness (QED) is 0.695. The molecule has 0 N–H and O–H groups in total. The number of aromatic nitrogens is 2. The van der Waals surface area contributed by atoms with Gasteiger partial charge in [0.1, 0.15) is 5.69 Å². The molecule has 1 aromatic heterocycles. The summed E-state index contributed by atoms with van der Waals surface area (Å²) in [6.07, 6.45) is 0. The summed E-state index contributed by atoms with van der Waals surface area (Å²) < 4.78 is 22.6. The fourth-order valence-electron chi connectivity index (χ4n) is 1.72. The van der Waals surface area contributed by atoms with Crippen molar-refractivity contribution in [1.29, 1.82) is 0 Å². The maximum atomic E-state index is 12.1. The molecule has 0 radical (unpaired) electrons. The van der Waals surface area contributed by atoms with Crippen molar-refractivity contribution in [3.8, 4) is 0 Å². The molecule has 6 nitrogen and oxygen atoms in total. The van der Waals surface area contributed by atoms with Crippen LogP contribution in [0.25, 0.3) is 0 Å². The summed E-state index contributed by atoms with van der Waals surface area (Å²) in [5.41, 5.74) is 0.801. The van der Waals surface area contributed by atoms with E-state index in [4.69, 9.17) is 11.6 Å². The minimum atomic E-state index is -3.00. The third kappa shape index (κ3) is 2.97. The maximum Gasteiger partial charge on any atom is 0.272 e. The third-order valence-electron chi connectivity index (χ3n) is 2.68. The Morgan fingerprint density at radius 2 is 1.94 bits per heavy atom. The first-order valence-corrected chi connectivity index (χ1v) is 7.58. The van der Waals surface area contributed by atoms with Crippen molar-refractivity contribution in [2.75, 3.05) is 24.6 Å². The monoisotopic (exact) mass is 289 g/mol. The van der Waals surface area contributed by atoms with E-state index in [2.05, 4.69) is 9.97 Å². The van der Waals surface area contributed by atoms with Gasteiger partial charge in [-0.05, 0) is 24.6 Å². The van der Waals surface area contributed by atoms with Crippen LogP contribution in [0.4, 0.5) is 0 Å². The Morgan fingerprint density at radius 1 is 1.33 bits per heavy atom. The van der Waals surface area contributed by atoms with Crippen molar-refractivity contribution in [1.82, 2.24) is 14.9 Å². The number of rotatable bonds is 1. The van der Waals surface area contributed by atoms with E-state index in [0.29, 0.717) is 5.69 Å². The van der Waals surface area contributed by atoms with Crippen molar-refractivity contribution in [3.05, 3.63) is 22.7 Å². The molecule has 1 aromatic rings. The van der Waals surface area contributed by atoms with Gasteiger partial charge in [0.15, 0.2) is 9.84 Å². The Hall–Kier alpha value is -1.21. The zero-order valence-corrected chi connectivity index (χ0v) is 11.3. The van der Waals surface area contributed by atoms with E-state index in [-0.39, 0.29) is 41.5 Å². The van der Waals surface area contributed by atoms with Gasteiger partial charge < -0.3 is 4.90 Å². The van der Waals surface area contributed by atoms with E-state index < -0.39 is 9.84 Å². The molecule has 0 atom stereocenters. The molecule has 8 heteroatoms. The second-order valence-corrected chi connectivity index (χ2v) is 6.75. The number of carbonyl (C=O) groups is 1. The summed E-state index contributed by atoms with van der Waals surface area (Å²) in [7, 11) is -3.00. The van der Waals surface area contributed by atoms with Gasteiger partial charge in [0.05, 0.1) is 11.5 Å². The highest BCUT2D eigenvalue weighted by Gasteiger charge is 2.26. The summed E-state index contributed by atoms with van der Waals surface area (Å²) in [5.74, 6) is -0.315. The Kier molecular flexibility index (Phi) is 3.54. The Labute approximate surface area is 110 Å². The van der Waals surface area contributed by atoms with Crippen molar-refractivity contribution in [3.63, 3.8) is 0 Å². The number of hydrogen-bond acceptors (Lipinski definition) is 5. The van der Waals surface area contributed by atoms with Crippen LogP contribution in [-0.4, -0.2) is 53.8 Å². The molecule has 0 spiro atoms. The Morgan fingerprint density at radius 3 is 2.50 bits per heavy atom. The fourth-order valence-corrected chi connectivity index (χ4v) is 3.14. The van der Waals surface area contributed by atoms with Crippen LogP contribution in [0.2, 0.25) is 5.28 Å². The predicted octanol–water partition coefficient (Wildman–Crippen LogP) is 0.309.